The van der Waals surface area contributed by atoms with Crippen LogP contribution < -0.4 is 5.63 Å². The topological polar surface area (TPSA) is 84.7 Å². The number of benzene rings is 2. The predicted molar refractivity (Wildman–Crippen MR) is 115 cm³/mol. The van der Waals surface area contributed by atoms with Crippen molar-refractivity contribution in [2.24, 2.45) is 5.16 Å². The second kappa shape index (κ2) is 8.45. The van der Waals surface area contributed by atoms with Crippen LogP contribution >= 0.6 is 0 Å². The Morgan fingerprint density at radius 3 is 2.33 bits per heavy atom. The molecule has 1 N–H and O–H groups in total. The highest BCUT2D eigenvalue weighted by molar-refractivity contribution is 6.28. The van der Waals surface area contributed by atoms with Crippen molar-refractivity contribution < 1.29 is 14.2 Å². The number of oxime groups is 1. The minimum Gasteiger partial charge on any atom is -0.338 e. The van der Waals surface area contributed by atoms with Crippen LogP contribution in [0.1, 0.15) is 18.1 Å². The van der Waals surface area contributed by atoms with Gasteiger partial charge in [-0.3, -0.25) is 0 Å². The monoisotopic (exact) mass is 398 g/mol. The zero-order valence-electron chi connectivity index (χ0n) is 16.2. The van der Waals surface area contributed by atoms with Gasteiger partial charge < -0.3 is 9.36 Å². The van der Waals surface area contributed by atoms with Crippen LogP contribution in [0.4, 0.5) is 0 Å². The van der Waals surface area contributed by atoms with Crippen LogP contribution in [0.2, 0.25) is 0 Å². The molecular weight excluding hydrogens is 380 g/mol. The van der Waals surface area contributed by atoms with Crippen LogP contribution in [0.3, 0.4) is 0 Å². The molecule has 0 unspecified atom stereocenters. The number of carbonyl (C=O) groups excluding carboxylic acids is 1. The smallest absolute Gasteiger partial charge is 0.338 e. The van der Waals surface area contributed by atoms with Gasteiger partial charge in [-0.2, -0.15) is 0 Å². The van der Waals surface area contributed by atoms with Crippen molar-refractivity contribution in [3.8, 4) is 11.3 Å². The number of rotatable bonds is 5. The number of nitrogens with zero attached hydrogens (tertiary/aromatic N) is 1. The van der Waals surface area contributed by atoms with Gasteiger partial charge in [-0.25, -0.2) is 14.7 Å². The number of H-pyrrole nitrogens is 1. The van der Waals surface area contributed by atoms with Crippen molar-refractivity contribution in [3.63, 3.8) is 0 Å². The SMILES string of the molecule is CC(/C=C/c1c(-c2ccccc2)[nH]oc1=O)=C\C=C1\C(=O)ON=C1c1ccccc1. The molecule has 0 radical (unpaired) electrons. The van der Waals surface area contributed by atoms with Crippen molar-refractivity contribution in [1.29, 1.82) is 0 Å². The van der Waals surface area contributed by atoms with E-state index in [2.05, 4.69) is 10.3 Å². The summed E-state index contributed by atoms with van der Waals surface area (Å²) < 4.78 is 4.96. The maximum absolute atomic E-state index is 12.1. The molecule has 0 fully saturated rings. The molecule has 148 valence electrons. The summed E-state index contributed by atoms with van der Waals surface area (Å²) in [4.78, 5) is 29.0. The van der Waals surface area contributed by atoms with Gasteiger partial charge in [0.05, 0.1) is 16.8 Å². The summed E-state index contributed by atoms with van der Waals surface area (Å²) in [5, 5.41) is 6.56. The maximum atomic E-state index is 12.1. The Bertz CT molecular complexity index is 1240. The van der Waals surface area contributed by atoms with Gasteiger partial charge in [0.25, 0.3) is 0 Å². The fourth-order valence-electron chi connectivity index (χ4n) is 3.00. The molecule has 0 atom stereocenters. The van der Waals surface area contributed by atoms with E-state index < -0.39 is 11.6 Å². The quantitative estimate of drug-likeness (QED) is 0.390. The summed E-state index contributed by atoms with van der Waals surface area (Å²) in [5.74, 6) is -0.500. The number of aromatic nitrogens is 1. The highest BCUT2D eigenvalue weighted by Crippen LogP contribution is 2.21. The molecule has 0 saturated heterocycles. The van der Waals surface area contributed by atoms with E-state index in [1.165, 1.54) is 0 Å². The first-order valence-electron chi connectivity index (χ1n) is 9.32. The van der Waals surface area contributed by atoms with Gasteiger partial charge in [-0.1, -0.05) is 83.5 Å². The molecule has 1 aromatic heterocycles. The molecule has 0 spiro atoms. The maximum Gasteiger partial charge on any atom is 0.368 e. The Hall–Kier alpha value is -4.19. The summed E-state index contributed by atoms with van der Waals surface area (Å²) in [6.45, 7) is 1.86. The lowest BCUT2D eigenvalue weighted by Gasteiger charge is -1.99. The molecule has 0 saturated carbocycles. The second-order valence-electron chi connectivity index (χ2n) is 6.66. The molecule has 30 heavy (non-hydrogen) atoms. The summed E-state index contributed by atoms with van der Waals surface area (Å²) in [6, 6.07) is 18.8. The first-order chi connectivity index (χ1) is 14.6. The second-order valence-corrected chi connectivity index (χ2v) is 6.66. The average molecular weight is 398 g/mol. The Morgan fingerprint density at radius 2 is 1.63 bits per heavy atom. The minimum atomic E-state index is -0.500. The van der Waals surface area contributed by atoms with Crippen molar-refractivity contribution in [1.82, 2.24) is 5.16 Å². The van der Waals surface area contributed by atoms with E-state index >= 15 is 0 Å². The van der Waals surface area contributed by atoms with Crippen LogP contribution in [0.5, 0.6) is 0 Å². The lowest BCUT2D eigenvalue weighted by molar-refractivity contribution is -0.136. The minimum absolute atomic E-state index is 0.375. The molecular formula is C24H18N2O4. The first kappa shape index (κ1) is 19.1. The van der Waals surface area contributed by atoms with Crippen LogP contribution in [-0.2, 0) is 9.63 Å². The number of aromatic amines is 1. The molecule has 2 aromatic carbocycles. The highest BCUT2D eigenvalue weighted by atomic mass is 16.7. The summed E-state index contributed by atoms with van der Waals surface area (Å²) in [7, 11) is 0. The molecule has 4 rings (SSSR count). The zero-order chi connectivity index (χ0) is 20.9. The van der Waals surface area contributed by atoms with E-state index in [9.17, 15) is 9.59 Å². The molecule has 3 aromatic rings. The normalized spacial score (nSPS) is 15.6. The van der Waals surface area contributed by atoms with E-state index in [4.69, 9.17) is 9.36 Å². The molecule has 1 aliphatic heterocycles. The lowest BCUT2D eigenvalue weighted by Crippen LogP contribution is -2.06. The van der Waals surface area contributed by atoms with Crippen molar-refractivity contribution in [2.45, 2.75) is 6.92 Å². The number of hydrogen-bond donors (Lipinski definition) is 1. The fraction of sp³-hybridized carbons (Fsp3) is 0.0417. The Balaban J connectivity index is 1.59. The average Bonchev–Trinajstić information content (AvgIpc) is 3.34. The third-order valence-corrected chi connectivity index (χ3v) is 4.57. The lowest BCUT2D eigenvalue weighted by atomic mass is 10.0. The van der Waals surface area contributed by atoms with E-state index in [1.807, 2.05) is 67.6 Å². The highest BCUT2D eigenvalue weighted by Gasteiger charge is 2.25. The van der Waals surface area contributed by atoms with Gasteiger partial charge >= 0.3 is 11.6 Å². The molecule has 6 heteroatoms. The van der Waals surface area contributed by atoms with Gasteiger partial charge in [-0.05, 0) is 19.1 Å². The Labute approximate surface area is 172 Å². The van der Waals surface area contributed by atoms with Crippen LogP contribution in [-0.4, -0.2) is 16.8 Å². The molecule has 1 aliphatic rings. The van der Waals surface area contributed by atoms with Crippen LogP contribution in [0.25, 0.3) is 17.3 Å². The van der Waals surface area contributed by atoms with Crippen molar-refractivity contribution in [2.75, 3.05) is 0 Å². The zero-order valence-corrected chi connectivity index (χ0v) is 16.2. The Morgan fingerprint density at radius 1 is 0.967 bits per heavy atom. The van der Waals surface area contributed by atoms with Gasteiger partial charge in [0.15, 0.2) is 0 Å². The first-order valence-corrected chi connectivity index (χ1v) is 9.32. The molecule has 0 aliphatic carbocycles. The summed E-state index contributed by atoms with van der Waals surface area (Å²) in [6.07, 6.45) is 6.91. The van der Waals surface area contributed by atoms with Crippen molar-refractivity contribution in [3.05, 3.63) is 112 Å². The summed E-state index contributed by atoms with van der Waals surface area (Å²) >= 11 is 0. The third-order valence-electron chi connectivity index (χ3n) is 4.57. The van der Waals surface area contributed by atoms with Crippen LogP contribution in [0, 0.1) is 0 Å². The molecule has 0 bridgehead atoms. The number of carbonyl (C=O) groups is 1. The van der Waals surface area contributed by atoms with E-state index in [0.717, 1.165) is 16.7 Å². The largest absolute Gasteiger partial charge is 0.368 e. The summed E-state index contributed by atoms with van der Waals surface area (Å²) in [5.41, 5.74) is 3.93. The number of nitrogens with one attached hydrogen (secondary N) is 1. The molecule has 2 heterocycles. The van der Waals surface area contributed by atoms with Crippen molar-refractivity contribution >= 4 is 17.8 Å². The van der Waals surface area contributed by atoms with E-state index in [1.54, 1.807) is 24.3 Å². The van der Waals surface area contributed by atoms with E-state index in [0.29, 0.717) is 22.5 Å². The molecule has 6 nitrogen and oxygen atoms in total. The van der Waals surface area contributed by atoms with E-state index in [-0.39, 0.29) is 0 Å². The molecule has 0 amide bonds. The number of allylic oxidation sites excluding steroid dienone is 4. The third kappa shape index (κ3) is 3.98. The van der Waals surface area contributed by atoms with Crippen LogP contribution in [0.15, 0.2) is 105 Å². The van der Waals surface area contributed by atoms with Gasteiger partial charge in [0, 0.05) is 11.1 Å². The van der Waals surface area contributed by atoms with Gasteiger partial charge in [0.1, 0.15) is 5.71 Å². The Kier molecular flexibility index (Phi) is 5.39. The number of hydrogen-bond acceptors (Lipinski definition) is 5. The van der Waals surface area contributed by atoms with Gasteiger partial charge in [0.2, 0.25) is 0 Å². The van der Waals surface area contributed by atoms with Gasteiger partial charge in [-0.15, -0.1) is 0 Å². The predicted octanol–water partition coefficient (Wildman–Crippen LogP) is 4.48. The fourth-order valence-corrected chi connectivity index (χ4v) is 3.00. The standard InChI is InChI=1S/C24H18N2O4/c1-16(12-14-19-21(25-29-23(19)27)17-8-4-2-5-9-17)13-15-20-22(26-30-24(20)28)18-10-6-3-7-11-18/h2-15,25H,1H3/b14-12+,16-13+,20-15+.